The average molecular weight is 423 g/mol. The molecule has 1 unspecified atom stereocenters. The van der Waals surface area contributed by atoms with Crippen molar-refractivity contribution in [2.24, 2.45) is 0 Å². The quantitative estimate of drug-likeness (QED) is 0.436. The summed E-state index contributed by atoms with van der Waals surface area (Å²) in [6, 6.07) is 16.3. The van der Waals surface area contributed by atoms with Crippen LogP contribution in [0.5, 0.6) is 5.75 Å². The summed E-state index contributed by atoms with van der Waals surface area (Å²) in [6.45, 7) is 2.11. The molecule has 9 heteroatoms. The molecule has 2 aromatic carbocycles. The van der Waals surface area contributed by atoms with Crippen LogP contribution in [0, 0.1) is 0 Å². The van der Waals surface area contributed by atoms with Gasteiger partial charge in [-0.05, 0) is 24.6 Å². The van der Waals surface area contributed by atoms with Crippen molar-refractivity contribution in [3.63, 3.8) is 0 Å². The molecule has 8 nitrogen and oxygen atoms in total. The molecule has 0 aliphatic rings. The van der Waals surface area contributed by atoms with Gasteiger partial charge < -0.3 is 15.8 Å². The molecule has 0 bridgehead atoms. The zero-order valence-corrected chi connectivity index (χ0v) is 16.8. The number of nitrogens with two attached hydrogens (primary N) is 1. The standard InChI is InChI=1S/C21H19ClN6O2/c1-12(13-5-3-2-4-6-13)24-21(29)14-7-8-15(16(22)9-14)11-30-17-10-18(23)25-20-19(17)26-28-27-20/h2-10,12H,11H2,1H3,(H,24,29)(H3,23,25,26,27,28). The van der Waals surface area contributed by atoms with E-state index in [0.717, 1.165) is 11.1 Å². The Morgan fingerprint density at radius 3 is 2.77 bits per heavy atom. The van der Waals surface area contributed by atoms with Crippen LogP contribution < -0.4 is 15.8 Å². The van der Waals surface area contributed by atoms with Crippen molar-refractivity contribution in [2.45, 2.75) is 19.6 Å². The number of aromatic nitrogens is 4. The molecule has 0 aliphatic carbocycles. The van der Waals surface area contributed by atoms with Crippen LogP contribution in [0.3, 0.4) is 0 Å². The van der Waals surface area contributed by atoms with Crippen LogP contribution in [0.4, 0.5) is 5.82 Å². The molecule has 0 aliphatic heterocycles. The van der Waals surface area contributed by atoms with Gasteiger partial charge in [-0.3, -0.25) is 4.79 Å². The number of rotatable bonds is 6. The van der Waals surface area contributed by atoms with Crippen molar-refractivity contribution in [3.8, 4) is 5.75 Å². The summed E-state index contributed by atoms with van der Waals surface area (Å²) in [5.41, 5.74) is 8.84. The number of hydrogen-bond donors (Lipinski definition) is 3. The predicted octanol–water partition coefficient (Wildman–Crippen LogP) is 3.66. The number of pyridine rings is 1. The SMILES string of the molecule is CC(NC(=O)c1ccc(COc2cc(N)nc3n[nH]nc23)c(Cl)c1)c1ccccc1. The number of nitrogen functional groups attached to an aromatic ring is 1. The molecule has 4 aromatic rings. The van der Waals surface area contributed by atoms with E-state index in [0.29, 0.717) is 27.5 Å². The van der Waals surface area contributed by atoms with E-state index in [1.807, 2.05) is 37.3 Å². The summed E-state index contributed by atoms with van der Waals surface area (Å²) in [7, 11) is 0. The van der Waals surface area contributed by atoms with E-state index >= 15 is 0 Å². The van der Waals surface area contributed by atoms with Gasteiger partial charge in [0, 0.05) is 22.2 Å². The first-order valence-electron chi connectivity index (χ1n) is 9.25. The molecular weight excluding hydrogens is 404 g/mol. The van der Waals surface area contributed by atoms with Crippen LogP contribution in [0.25, 0.3) is 11.2 Å². The lowest BCUT2D eigenvalue weighted by molar-refractivity contribution is 0.0940. The molecule has 152 valence electrons. The van der Waals surface area contributed by atoms with Gasteiger partial charge in [0.2, 0.25) is 5.65 Å². The van der Waals surface area contributed by atoms with Crippen molar-refractivity contribution in [1.82, 2.24) is 25.7 Å². The van der Waals surface area contributed by atoms with Crippen molar-refractivity contribution < 1.29 is 9.53 Å². The normalized spacial score (nSPS) is 11.9. The Morgan fingerprint density at radius 1 is 1.20 bits per heavy atom. The number of carbonyl (C=O) groups is 1. The highest BCUT2D eigenvalue weighted by Crippen LogP contribution is 2.26. The third-order valence-electron chi connectivity index (χ3n) is 4.62. The van der Waals surface area contributed by atoms with E-state index in [1.165, 1.54) is 0 Å². The number of nitrogens with one attached hydrogen (secondary N) is 2. The van der Waals surface area contributed by atoms with Gasteiger partial charge >= 0.3 is 0 Å². The van der Waals surface area contributed by atoms with E-state index in [4.69, 9.17) is 22.1 Å². The minimum atomic E-state index is -0.202. The lowest BCUT2D eigenvalue weighted by atomic mass is 10.1. The molecule has 2 aromatic heterocycles. The van der Waals surface area contributed by atoms with Crippen LogP contribution in [-0.4, -0.2) is 26.3 Å². The Hall–Kier alpha value is -3.65. The van der Waals surface area contributed by atoms with Crippen molar-refractivity contribution >= 4 is 34.5 Å². The van der Waals surface area contributed by atoms with Gasteiger partial charge in [-0.1, -0.05) is 48.0 Å². The van der Waals surface area contributed by atoms with Gasteiger partial charge in [0.25, 0.3) is 5.91 Å². The van der Waals surface area contributed by atoms with E-state index in [-0.39, 0.29) is 24.4 Å². The highest BCUT2D eigenvalue weighted by atomic mass is 35.5. The van der Waals surface area contributed by atoms with Crippen molar-refractivity contribution in [3.05, 3.63) is 76.3 Å². The molecule has 2 heterocycles. The Morgan fingerprint density at radius 2 is 2.00 bits per heavy atom. The maximum atomic E-state index is 12.6. The molecule has 0 saturated carbocycles. The molecule has 30 heavy (non-hydrogen) atoms. The molecule has 4 rings (SSSR count). The smallest absolute Gasteiger partial charge is 0.251 e. The summed E-state index contributed by atoms with van der Waals surface area (Å²) >= 11 is 6.39. The monoisotopic (exact) mass is 422 g/mol. The number of halogens is 1. The number of anilines is 1. The van der Waals surface area contributed by atoms with Gasteiger partial charge in [-0.2, -0.15) is 10.3 Å². The molecule has 1 amide bonds. The second-order valence-corrected chi connectivity index (χ2v) is 7.15. The van der Waals surface area contributed by atoms with Gasteiger partial charge in [-0.15, -0.1) is 5.10 Å². The topological polar surface area (TPSA) is 119 Å². The van der Waals surface area contributed by atoms with Gasteiger partial charge in [0.05, 0.1) is 6.04 Å². The minimum absolute atomic E-state index is 0.123. The third-order valence-corrected chi connectivity index (χ3v) is 4.97. The van der Waals surface area contributed by atoms with E-state index in [1.54, 1.807) is 24.3 Å². The van der Waals surface area contributed by atoms with Gasteiger partial charge in [-0.25, -0.2) is 4.98 Å². The highest BCUT2D eigenvalue weighted by Gasteiger charge is 2.14. The first-order chi connectivity index (χ1) is 14.5. The average Bonchev–Trinajstić information content (AvgIpc) is 3.21. The number of aromatic amines is 1. The molecular formula is C21H19ClN6O2. The fourth-order valence-corrected chi connectivity index (χ4v) is 3.24. The fraction of sp³-hybridized carbons (Fsp3) is 0.143. The maximum absolute atomic E-state index is 12.6. The molecule has 0 fully saturated rings. The van der Waals surface area contributed by atoms with Crippen LogP contribution in [-0.2, 0) is 6.61 Å². The lowest BCUT2D eigenvalue weighted by Crippen LogP contribution is -2.26. The van der Waals surface area contributed by atoms with Gasteiger partial charge in [0.1, 0.15) is 12.4 Å². The molecule has 0 spiro atoms. The summed E-state index contributed by atoms with van der Waals surface area (Å²) in [5.74, 6) is 0.518. The van der Waals surface area contributed by atoms with E-state index in [2.05, 4.69) is 25.7 Å². The lowest BCUT2D eigenvalue weighted by Gasteiger charge is -2.15. The van der Waals surface area contributed by atoms with Crippen molar-refractivity contribution in [1.29, 1.82) is 0 Å². The number of H-pyrrole nitrogens is 1. The molecule has 0 radical (unpaired) electrons. The Kier molecular flexibility index (Phi) is 5.49. The summed E-state index contributed by atoms with van der Waals surface area (Å²) in [6.07, 6.45) is 0. The van der Waals surface area contributed by atoms with Crippen molar-refractivity contribution in [2.75, 3.05) is 5.73 Å². The fourth-order valence-electron chi connectivity index (χ4n) is 3.00. The molecule has 4 N–H and O–H groups in total. The van der Waals surface area contributed by atoms with Crippen LogP contribution in [0.2, 0.25) is 5.02 Å². The third kappa shape index (κ3) is 4.18. The van der Waals surface area contributed by atoms with Crippen LogP contribution >= 0.6 is 11.6 Å². The zero-order valence-electron chi connectivity index (χ0n) is 16.1. The number of nitrogens with zero attached hydrogens (tertiary/aromatic N) is 3. The van der Waals surface area contributed by atoms with Crippen LogP contribution in [0.15, 0.2) is 54.6 Å². The van der Waals surface area contributed by atoms with E-state index < -0.39 is 0 Å². The molecule has 1 atom stereocenters. The highest BCUT2D eigenvalue weighted by molar-refractivity contribution is 6.31. The zero-order chi connectivity index (χ0) is 21.1. The Bertz CT molecular complexity index is 1190. The second kappa shape index (κ2) is 8.38. The Labute approximate surface area is 177 Å². The number of fused-ring (bicyclic) bond motifs is 1. The number of amides is 1. The summed E-state index contributed by atoms with van der Waals surface area (Å²) in [5, 5.41) is 13.8. The summed E-state index contributed by atoms with van der Waals surface area (Å²) < 4.78 is 5.82. The van der Waals surface area contributed by atoms with Gasteiger partial charge in [0.15, 0.2) is 11.3 Å². The number of carbonyl (C=O) groups excluding carboxylic acids is 1. The predicted molar refractivity (Wildman–Crippen MR) is 114 cm³/mol. The van der Waals surface area contributed by atoms with Crippen LogP contribution in [0.1, 0.15) is 34.5 Å². The minimum Gasteiger partial charge on any atom is -0.486 e. The maximum Gasteiger partial charge on any atom is 0.251 e. The number of ether oxygens (including phenoxy) is 1. The number of benzene rings is 2. The van der Waals surface area contributed by atoms with E-state index in [9.17, 15) is 4.79 Å². The first kappa shape index (κ1) is 19.7. The first-order valence-corrected chi connectivity index (χ1v) is 9.63. The number of hydrogen-bond acceptors (Lipinski definition) is 6. The molecule has 0 saturated heterocycles. The Balaban J connectivity index is 1.45. The summed E-state index contributed by atoms with van der Waals surface area (Å²) in [4.78, 5) is 16.7. The largest absolute Gasteiger partial charge is 0.486 e. The second-order valence-electron chi connectivity index (χ2n) is 6.74.